The molecule has 6 unspecified atom stereocenters. The number of hydrogen-bond acceptors (Lipinski definition) is 7. The summed E-state index contributed by atoms with van der Waals surface area (Å²) in [5, 5.41) is 11.1. The molecule has 1 saturated carbocycles. The first-order valence-electron chi connectivity index (χ1n) is 16.0. The number of allylic oxidation sites excluding steroid dienone is 2. The first-order chi connectivity index (χ1) is 23.2. The largest absolute Gasteiger partial charge is 0.463 e. The third-order valence-electron chi connectivity index (χ3n) is 10.6. The van der Waals surface area contributed by atoms with E-state index in [9.17, 15) is 19.5 Å². The van der Waals surface area contributed by atoms with Gasteiger partial charge < -0.3 is 9.52 Å². The molecule has 2 saturated heterocycles. The Labute approximate surface area is 290 Å². The lowest BCUT2D eigenvalue weighted by molar-refractivity contribution is -0.138. The highest BCUT2D eigenvalue weighted by Crippen LogP contribution is 2.64. The summed E-state index contributed by atoms with van der Waals surface area (Å²) in [5.41, 5.74) is 5.28. The number of anilines is 2. The highest BCUT2D eigenvalue weighted by molar-refractivity contribution is 14.1. The number of nitrogens with one attached hydrogen (secondary N) is 1. The number of imide groups is 2. The Morgan fingerprint density at radius 2 is 1.60 bits per heavy atom. The van der Waals surface area contributed by atoms with Gasteiger partial charge in [-0.2, -0.15) is 5.01 Å². The maximum Gasteiger partial charge on any atom is 0.260 e. The van der Waals surface area contributed by atoms with Gasteiger partial charge in [-0.25, -0.2) is 0 Å². The Bertz CT molecular complexity index is 1990. The molecule has 4 aliphatic rings. The van der Waals surface area contributed by atoms with Gasteiger partial charge in [0.2, 0.25) is 11.8 Å². The molecule has 2 aliphatic carbocycles. The van der Waals surface area contributed by atoms with Crippen LogP contribution in [0.2, 0.25) is 0 Å². The van der Waals surface area contributed by atoms with E-state index in [-0.39, 0.29) is 24.8 Å². The van der Waals surface area contributed by atoms with Gasteiger partial charge in [-0.1, -0.05) is 59.7 Å². The van der Waals surface area contributed by atoms with Gasteiger partial charge in [0, 0.05) is 3.57 Å². The second-order valence-electron chi connectivity index (χ2n) is 13.0. The second-order valence-corrected chi connectivity index (χ2v) is 14.3. The third-order valence-corrected chi connectivity index (χ3v) is 11.3. The van der Waals surface area contributed by atoms with Crippen LogP contribution in [0.3, 0.4) is 0 Å². The zero-order chi connectivity index (χ0) is 33.3. The molecule has 1 aromatic heterocycles. The van der Waals surface area contributed by atoms with Crippen molar-refractivity contribution in [2.75, 3.05) is 10.3 Å². The van der Waals surface area contributed by atoms with Crippen molar-refractivity contribution in [1.29, 1.82) is 0 Å². The molecule has 0 radical (unpaired) electrons. The molecule has 2 aliphatic heterocycles. The van der Waals surface area contributed by atoms with E-state index in [2.05, 4.69) is 28.0 Å². The van der Waals surface area contributed by atoms with Gasteiger partial charge >= 0.3 is 0 Å². The molecule has 10 heteroatoms. The summed E-state index contributed by atoms with van der Waals surface area (Å²) in [4.78, 5) is 59.3. The van der Waals surface area contributed by atoms with E-state index >= 15 is 4.79 Å². The first kappa shape index (κ1) is 30.8. The SMILES string of the molecule is Cc1ccc(NN2C(=O)C3CC4C(=CCC5C(=O)N(c6ccc(I)cc6)C(=O)C54)C(c4ccc(CO)o4)C3(c3ccccc3)C2=O)cc1. The number of carbonyl (C=O) groups is 4. The van der Waals surface area contributed by atoms with E-state index in [0.29, 0.717) is 34.9 Å². The fourth-order valence-corrected chi connectivity index (χ4v) is 8.89. The lowest BCUT2D eigenvalue weighted by atomic mass is 9.50. The average Bonchev–Trinajstić information content (AvgIpc) is 3.74. The Morgan fingerprint density at radius 1 is 0.875 bits per heavy atom. The average molecular weight is 754 g/mol. The van der Waals surface area contributed by atoms with Crippen molar-refractivity contribution >= 4 is 57.6 Å². The number of nitrogens with zero attached hydrogens (tertiary/aromatic N) is 2. The second kappa shape index (κ2) is 11.6. The molecule has 8 rings (SSSR count). The van der Waals surface area contributed by atoms with Crippen LogP contribution in [0.5, 0.6) is 0 Å². The molecule has 9 nitrogen and oxygen atoms in total. The number of amides is 4. The van der Waals surface area contributed by atoms with E-state index in [1.807, 2.05) is 79.7 Å². The minimum Gasteiger partial charge on any atom is -0.463 e. The van der Waals surface area contributed by atoms with Crippen LogP contribution < -0.4 is 10.3 Å². The molecule has 3 fully saturated rings. The minimum atomic E-state index is -1.42. The maximum absolute atomic E-state index is 15.1. The highest BCUT2D eigenvalue weighted by Gasteiger charge is 2.71. The topological polar surface area (TPSA) is 120 Å². The number of hydrazine groups is 1. The van der Waals surface area contributed by atoms with Crippen LogP contribution in [-0.4, -0.2) is 33.7 Å². The first-order valence-corrected chi connectivity index (χ1v) is 17.1. The number of halogens is 1. The van der Waals surface area contributed by atoms with Gasteiger partial charge in [-0.3, -0.25) is 29.5 Å². The summed E-state index contributed by atoms with van der Waals surface area (Å²) in [6.07, 6.45) is 2.51. The molecule has 6 atom stereocenters. The van der Waals surface area contributed by atoms with E-state index in [0.717, 1.165) is 19.7 Å². The Kier molecular flexibility index (Phi) is 7.40. The molecule has 4 aromatic rings. The van der Waals surface area contributed by atoms with Gasteiger partial charge in [0.1, 0.15) is 23.5 Å². The number of benzene rings is 3. The van der Waals surface area contributed by atoms with Crippen LogP contribution in [-0.2, 0) is 31.2 Å². The number of fused-ring (bicyclic) bond motifs is 4. The summed E-state index contributed by atoms with van der Waals surface area (Å²) < 4.78 is 7.22. The smallest absolute Gasteiger partial charge is 0.260 e. The van der Waals surface area contributed by atoms with Crippen LogP contribution in [0, 0.1) is 34.2 Å². The predicted octanol–water partition coefficient (Wildman–Crippen LogP) is 5.87. The molecule has 0 spiro atoms. The summed E-state index contributed by atoms with van der Waals surface area (Å²) >= 11 is 2.18. The van der Waals surface area contributed by atoms with E-state index in [1.54, 1.807) is 24.3 Å². The molecule has 3 heterocycles. The fraction of sp³-hybridized carbons (Fsp3) is 0.263. The van der Waals surface area contributed by atoms with Gasteiger partial charge in [0.05, 0.1) is 35.0 Å². The van der Waals surface area contributed by atoms with Crippen LogP contribution in [0.25, 0.3) is 0 Å². The van der Waals surface area contributed by atoms with Crippen molar-refractivity contribution in [3.05, 3.63) is 129 Å². The molecule has 4 amide bonds. The van der Waals surface area contributed by atoms with Crippen LogP contribution >= 0.6 is 22.6 Å². The predicted molar refractivity (Wildman–Crippen MR) is 185 cm³/mol. The van der Waals surface area contributed by atoms with Crippen molar-refractivity contribution in [2.45, 2.75) is 37.7 Å². The number of hydrogen-bond donors (Lipinski definition) is 2. The van der Waals surface area contributed by atoms with Gasteiger partial charge in [-0.05, 0) is 102 Å². The Balaban J connectivity index is 1.30. The quantitative estimate of drug-likeness (QED) is 0.144. The third kappa shape index (κ3) is 4.45. The lowest BCUT2D eigenvalue weighted by Crippen LogP contribution is -2.53. The van der Waals surface area contributed by atoms with Crippen LogP contribution in [0.1, 0.15) is 41.4 Å². The lowest BCUT2D eigenvalue weighted by Gasteiger charge is -2.49. The molecule has 0 bridgehead atoms. The maximum atomic E-state index is 15.1. The summed E-state index contributed by atoms with van der Waals surface area (Å²) in [6, 6.07) is 27.4. The molecule has 242 valence electrons. The number of rotatable bonds is 6. The number of aryl methyl sites for hydroxylation is 1. The monoisotopic (exact) mass is 753 g/mol. The van der Waals surface area contributed by atoms with Crippen molar-refractivity contribution in [2.24, 2.45) is 23.7 Å². The molecular formula is C38H32IN3O6. The van der Waals surface area contributed by atoms with E-state index < -0.39 is 46.8 Å². The molecular weight excluding hydrogens is 721 g/mol. The van der Waals surface area contributed by atoms with Crippen LogP contribution in [0.15, 0.2) is 107 Å². The molecule has 2 N–H and O–H groups in total. The van der Waals surface area contributed by atoms with Crippen molar-refractivity contribution in [3.63, 3.8) is 0 Å². The van der Waals surface area contributed by atoms with Crippen LogP contribution in [0.4, 0.5) is 11.4 Å². The Morgan fingerprint density at radius 3 is 2.29 bits per heavy atom. The fourth-order valence-electron chi connectivity index (χ4n) is 8.53. The standard InChI is InChI=1S/C38H32IN3O6/c1-21-7-11-24(12-8-21)40-42-35(45)30-19-29-27(16-17-28-32(29)36(46)41(34(28)44)25-13-9-23(39)10-14-25)33(31-18-15-26(20-43)48-31)38(30,37(42)47)22-5-3-2-4-6-22/h2-16,18,28-30,32-33,40,43H,17,19-20H2,1H3. The van der Waals surface area contributed by atoms with Gasteiger partial charge in [-0.15, -0.1) is 0 Å². The zero-order valence-electron chi connectivity index (χ0n) is 26.0. The number of carbonyl (C=O) groups excluding carboxylic acids is 4. The zero-order valence-corrected chi connectivity index (χ0v) is 28.2. The summed E-state index contributed by atoms with van der Waals surface area (Å²) in [7, 11) is 0. The minimum absolute atomic E-state index is 0.197. The molecule has 3 aromatic carbocycles. The van der Waals surface area contributed by atoms with Crippen molar-refractivity contribution in [3.8, 4) is 0 Å². The Hall–Kier alpha value is -4.55. The van der Waals surface area contributed by atoms with E-state index in [4.69, 9.17) is 4.42 Å². The van der Waals surface area contributed by atoms with Gasteiger partial charge in [0.15, 0.2) is 0 Å². The van der Waals surface area contributed by atoms with Crippen molar-refractivity contribution in [1.82, 2.24) is 5.01 Å². The van der Waals surface area contributed by atoms with Gasteiger partial charge in [0.25, 0.3) is 11.8 Å². The summed E-state index contributed by atoms with van der Waals surface area (Å²) in [6.45, 7) is 1.62. The number of aliphatic hydroxyl groups is 1. The van der Waals surface area contributed by atoms with E-state index in [1.165, 1.54) is 4.90 Å². The normalized spacial score (nSPS) is 27.9. The summed E-state index contributed by atoms with van der Waals surface area (Å²) in [5.74, 6) is -4.09. The van der Waals surface area contributed by atoms with Crippen molar-refractivity contribution < 1.29 is 28.7 Å². The number of furan rings is 1. The highest BCUT2D eigenvalue weighted by atomic mass is 127. The molecule has 48 heavy (non-hydrogen) atoms. The number of aliphatic hydroxyl groups excluding tert-OH is 1.